The number of furan rings is 1. The lowest BCUT2D eigenvalue weighted by Crippen LogP contribution is -2.29. The van der Waals surface area contributed by atoms with Gasteiger partial charge in [-0.2, -0.15) is 13.2 Å². The summed E-state index contributed by atoms with van der Waals surface area (Å²) in [4.78, 5) is 14.1. The van der Waals surface area contributed by atoms with Crippen molar-refractivity contribution in [3.63, 3.8) is 0 Å². The van der Waals surface area contributed by atoms with Crippen LogP contribution in [0.4, 0.5) is 18.9 Å². The molecule has 0 N–H and O–H groups in total. The van der Waals surface area contributed by atoms with Crippen molar-refractivity contribution in [1.29, 1.82) is 0 Å². The van der Waals surface area contributed by atoms with Gasteiger partial charge in [0.15, 0.2) is 0 Å². The first-order valence-corrected chi connectivity index (χ1v) is 8.18. The Labute approximate surface area is 154 Å². The number of nitrogens with zero attached hydrogens (tertiary/aromatic N) is 1. The molecule has 0 aliphatic rings. The lowest BCUT2D eigenvalue weighted by atomic mass is 10.0. The van der Waals surface area contributed by atoms with Gasteiger partial charge in [0, 0.05) is 11.8 Å². The molecule has 0 radical (unpaired) electrons. The smallest absolute Gasteiger partial charge is 0.417 e. The van der Waals surface area contributed by atoms with Crippen LogP contribution in [-0.4, -0.2) is 12.1 Å². The number of rotatable bonds is 5. The molecule has 0 spiro atoms. The summed E-state index contributed by atoms with van der Waals surface area (Å²) in [5.74, 6) is -0.317. The maximum absolute atomic E-state index is 13.6. The molecule has 1 heterocycles. The van der Waals surface area contributed by atoms with Crippen LogP contribution in [0.15, 0.2) is 89.6 Å². The van der Waals surface area contributed by atoms with E-state index in [9.17, 15) is 18.0 Å². The standard InChI is InChI=1S/C21H16F3NO2/c22-21(23,24)19(16-8-3-1-4-9-16)14-20(26)25(15-18-12-7-13-27-18)17-10-5-2-6-11-17/h1-14H,15H2/b19-14+. The van der Waals surface area contributed by atoms with Gasteiger partial charge in [-0.05, 0) is 29.8 Å². The van der Waals surface area contributed by atoms with E-state index in [4.69, 9.17) is 4.42 Å². The normalized spacial score (nSPS) is 12.0. The van der Waals surface area contributed by atoms with Crippen LogP contribution in [0.5, 0.6) is 0 Å². The van der Waals surface area contributed by atoms with Gasteiger partial charge in [0.2, 0.25) is 0 Å². The Kier molecular flexibility index (Phi) is 5.45. The molecule has 2 aromatic carbocycles. The van der Waals surface area contributed by atoms with Crippen LogP contribution in [0.25, 0.3) is 5.57 Å². The van der Waals surface area contributed by atoms with Crippen LogP contribution < -0.4 is 4.90 Å². The van der Waals surface area contributed by atoms with Crippen LogP contribution >= 0.6 is 0 Å². The van der Waals surface area contributed by atoms with E-state index in [0.29, 0.717) is 17.5 Å². The van der Waals surface area contributed by atoms with Crippen LogP contribution in [0.3, 0.4) is 0 Å². The molecule has 3 rings (SSSR count). The number of hydrogen-bond donors (Lipinski definition) is 0. The third kappa shape index (κ3) is 4.67. The van der Waals surface area contributed by atoms with Crippen molar-refractivity contribution in [2.45, 2.75) is 12.7 Å². The molecule has 0 atom stereocenters. The zero-order valence-electron chi connectivity index (χ0n) is 14.2. The topological polar surface area (TPSA) is 33.5 Å². The second kappa shape index (κ2) is 7.95. The SMILES string of the molecule is O=C(/C=C(\c1ccccc1)C(F)(F)F)N(Cc1ccco1)c1ccccc1. The van der Waals surface area contributed by atoms with Crippen molar-refractivity contribution >= 4 is 17.2 Å². The quantitative estimate of drug-likeness (QED) is 0.558. The van der Waals surface area contributed by atoms with E-state index in [0.717, 1.165) is 0 Å². The van der Waals surface area contributed by atoms with Crippen LogP contribution in [0.1, 0.15) is 11.3 Å². The molecular weight excluding hydrogens is 355 g/mol. The van der Waals surface area contributed by atoms with Crippen molar-refractivity contribution in [2.75, 3.05) is 4.90 Å². The Hall–Kier alpha value is -3.28. The Morgan fingerprint density at radius 1 is 0.926 bits per heavy atom. The number of carbonyl (C=O) groups excluding carboxylic acids is 1. The van der Waals surface area contributed by atoms with Crippen LogP contribution in [0.2, 0.25) is 0 Å². The molecule has 0 aliphatic carbocycles. The summed E-state index contributed by atoms with van der Waals surface area (Å²) in [6.45, 7) is 0.0201. The van der Waals surface area contributed by atoms with E-state index < -0.39 is 17.7 Å². The molecule has 3 nitrogen and oxygen atoms in total. The van der Waals surface area contributed by atoms with Gasteiger partial charge < -0.3 is 9.32 Å². The van der Waals surface area contributed by atoms with Crippen molar-refractivity contribution in [2.24, 2.45) is 0 Å². The van der Waals surface area contributed by atoms with E-state index >= 15 is 0 Å². The van der Waals surface area contributed by atoms with E-state index in [1.807, 2.05) is 0 Å². The van der Waals surface area contributed by atoms with E-state index in [1.165, 1.54) is 35.4 Å². The summed E-state index contributed by atoms with van der Waals surface area (Å²) in [7, 11) is 0. The van der Waals surface area contributed by atoms with Crippen molar-refractivity contribution in [1.82, 2.24) is 0 Å². The van der Waals surface area contributed by atoms with Crippen LogP contribution in [-0.2, 0) is 11.3 Å². The van der Waals surface area contributed by atoms with Crippen molar-refractivity contribution in [3.05, 3.63) is 96.5 Å². The highest BCUT2D eigenvalue weighted by Gasteiger charge is 2.35. The molecule has 0 unspecified atom stereocenters. The summed E-state index contributed by atoms with van der Waals surface area (Å²) in [6, 6.07) is 19.1. The molecule has 0 saturated carbocycles. The van der Waals surface area contributed by atoms with Gasteiger partial charge in [0.1, 0.15) is 5.76 Å². The second-order valence-electron chi connectivity index (χ2n) is 5.76. The number of halogens is 3. The lowest BCUT2D eigenvalue weighted by molar-refractivity contribution is -0.114. The number of alkyl halides is 3. The molecule has 1 amide bonds. The Bertz CT molecular complexity index is 902. The van der Waals surface area contributed by atoms with Gasteiger partial charge in [-0.15, -0.1) is 0 Å². The number of benzene rings is 2. The minimum absolute atomic E-state index is 0.0201. The number of allylic oxidation sites excluding steroid dienone is 1. The Morgan fingerprint density at radius 2 is 1.56 bits per heavy atom. The Balaban J connectivity index is 2.00. The predicted molar refractivity (Wildman–Crippen MR) is 96.8 cm³/mol. The first kappa shape index (κ1) is 18.5. The van der Waals surface area contributed by atoms with E-state index in [-0.39, 0.29) is 12.1 Å². The average molecular weight is 371 g/mol. The fraction of sp³-hybridized carbons (Fsp3) is 0.0952. The van der Waals surface area contributed by atoms with E-state index in [2.05, 4.69) is 0 Å². The average Bonchev–Trinajstić information content (AvgIpc) is 3.18. The summed E-state index contributed by atoms with van der Waals surface area (Å²) < 4.78 is 45.9. The summed E-state index contributed by atoms with van der Waals surface area (Å²) in [6.07, 6.45) is -2.58. The maximum Gasteiger partial charge on any atom is 0.417 e. The number of amides is 1. The highest BCUT2D eigenvalue weighted by atomic mass is 19.4. The van der Waals surface area contributed by atoms with Gasteiger partial charge in [-0.3, -0.25) is 4.79 Å². The molecule has 0 saturated heterocycles. The summed E-state index contributed by atoms with van der Waals surface area (Å²) in [5, 5.41) is 0. The Morgan fingerprint density at radius 3 is 2.11 bits per heavy atom. The third-order valence-corrected chi connectivity index (χ3v) is 3.89. The molecule has 1 aromatic heterocycles. The first-order chi connectivity index (χ1) is 12.9. The molecule has 27 heavy (non-hydrogen) atoms. The number of hydrogen-bond acceptors (Lipinski definition) is 2. The van der Waals surface area contributed by atoms with Crippen molar-refractivity contribution in [3.8, 4) is 0 Å². The minimum Gasteiger partial charge on any atom is -0.467 e. The van der Waals surface area contributed by atoms with Gasteiger partial charge in [0.25, 0.3) is 5.91 Å². The summed E-state index contributed by atoms with van der Waals surface area (Å²) >= 11 is 0. The predicted octanol–water partition coefficient (Wildman–Crippen LogP) is 5.46. The minimum atomic E-state index is -4.66. The zero-order valence-corrected chi connectivity index (χ0v) is 14.2. The monoisotopic (exact) mass is 371 g/mol. The number of carbonyl (C=O) groups is 1. The maximum atomic E-state index is 13.6. The van der Waals surface area contributed by atoms with E-state index in [1.54, 1.807) is 48.5 Å². The second-order valence-corrected chi connectivity index (χ2v) is 5.76. The highest BCUT2D eigenvalue weighted by Crippen LogP contribution is 2.34. The largest absolute Gasteiger partial charge is 0.467 e. The fourth-order valence-electron chi connectivity index (χ4n) is 2.61. The third-order valence-electron chi connectivity index (χ3n) is 3.89. The molecule has 0 fully saturated rings. The highest BCUT2D eigenvalue weighted by molar-refractivity contribution is 6.06. The van der Waals surface area contributed by atoms with Gasteiger partial charge in [0.05, 0.1) is 18.4 Å². The van der Waals surface area contributed by atoms with Gasteiger partial charge >= 0.3 is 6.18 Å². The zero-order chi connectivity index (χ0) is 19.3. The summed E-state index contributed by atoms with van der Waals surface area (Å²) in [5.41, 5.74) is -0.581. The molecule has 6 heteroatoms. The molecule has 0 aliphatic heterocycles. The molecule has 0 bridgehead atoms. The first-order valence-electron chi connectivity index (χ1n) is 8.18. The van der Waals surface area contributed by atoms with Gasteiger partial charge in [-0.1, -0.05) is 48.5 Å². The number of para-hydroxylation sites is 1. The fourth-order valence-corrected chi connectivity index (χ4v) is 2.61. The van der Waals surface area contributed by atoms with Crippen LogP contribution in [0, 0.1) is 0 Å². The molecule has 138 valence electrons. The lowest BCUT2D eigenvalue weighted by Gasteiger charge is -2.21. The number of anilines is 1. The van der Waals surface area contributed by atoms with Crippen molar-refractivity contribution < 1.29 is 22.4 Å². The molecule has 3 aromatic rings. The molecular formula is C21H16F3NO2. The van der Waals surface area contributed by atoms with Gasteiger partial charge in [-0.25, -0.2) is 0 Å².